The van der Waals surface area contributed by atoms with E-state index in [2.05, 4.69) is 0 Å². The van der Waals surface area contributed by atoms with Crippen molar-refractivity contribution in [2.24, 2.45) is 0 Å². The summed E-state index contributed by atoms with van der Waals surface area (Å²) in [5.74, 6) is -2.61. The average Bonchev–Trinajstić information content (AvgIpc) is 2.06. The minimum absolute atomic E-state index is 0.224. The summed E-state index contributed by atoms with van der Waals surface area (Å²) >= 11 is 0. The zero-order valence-electron chi connectivity index (χ0n) is 7.56. The van der Waals surface area contributed by atoms with Gasteiger partial charge in [-0.15, -0.1) is 3.89 Å². The largest absolute Gasteiger partial charge is 0.506 e. The topological polar surface area (TPSA) is 91.7 Å². The van der Waals surface area contributed by atoms with E-state index in [4.69, 9.17) is 5.11 Å². The van der Waals surface area contributed by atoms with E-state index in [0.29, 0.717) is 0 Å². The van der Waals surface area contributed by atoms with E-state index in [-0.39, 0.29) is 5.56 Å². The van der Waals surface area contributed by atoms with Crippen LogP contribution in [-0.4, -0.2) is 24.6 Å². The Labute approximate surface area is 85.0 Å². The van der Waals surface area contributed by atoms with E-state index < -0.39 is 32.4 Å². The van der Waals surface area contributed by atoms with Gasteiger partial charge in [0.1, 0.15) is 10.5 Å². The maximum absolute atomic E-state index is 12.6. The second-order valence-electron chi connectivity index (χ2n) is 2.90. The predicted octanol–water partition coefficient (Wildman–Crippen LogP) is 1.06. The average molecular weight is 234 g/mol. The number of carboxylic acids is 1. The van der Waals surface area contributed by atoms with Crippen molar-refractivity contribution in [3.63, 3.8) is 0 Å². The molecular formula is C8H7FO5S. The van der Waals surface area contributed by atoms with Gasteiger partial charge in [0, 0.05) is 0 Å². The van der Waals surface area contributed by atoms with Crippen molar-refractivity contribution < 1.29 is 27.3 Å². The van der Waals surface area contributed by atoms with Gasteiger partial charge in [-0.05, 0) is 24.6 Å². The normalized spacial score (nSPS) is 11.3. The summed E-state index contributed by atoms with van der Waals surface area (Å²) < 4.78 is 33.7. The number of aromatic carboxylic acids is 1. The van der Waals surface area contributed by atoms with E-state index in [9.17, 15) is 22.2 Å². The fraction of sp³-hybridized carbons (Fsp3) is 0.125. The van der Waals surface area contributed by atoms with Crippen LogP contribution in [0, 0.1) is 6.92 Å². The first-order valence-electron chi connectivity index (χ1n) is 3.75. The Balaban J connectivity index is 3.63. The number of rotatable bonds is 2. The molecule has 15 heavy (non-hydrogen) atoms. The van der Waals surface area contributed by atoms with E-state index in [1.165, 1.54) is 6.92 Å². The Hall–Kier alpha value is -1.63. The molecule has 0 bridgehead atoms. The van der Waals surface area contributed by atoms with Crippen LogP contribution in [0.25, 0.3) is 0 Å². The van der Waals surface area contributed by atoms with Crippen molar-refractivity contribution in [1.82, 2.24) is 0 Å². The van der Waals surface area contributed by atoms with Gasteiger partial charge < -0.3 is 10.2 Å². The standard InChI is InChI=1S/C8H7FO5S/c1-4-2-5(8(11)12)7(10)6(3-4)15(9,13)14/h2-3,10H,1H3,(H,11,12). The summed E-state index contributed by atoms with van der Waals surface area (Å²) in [6, 6.07) is 1.91. The Morgan fingerprint density at radius 1 is 1.40 bits per heavy atom. The third-order valence-corrected chi connectivity index (χ3v) is 2.55. The number of carbonyl (C=O) groups is 1. The van der Waals surface area contributed by atoms with Crippen molar-refractivity contribution in [3.8, 4) is 5.75 Å². The van der Waals surface area contributed by atoms with Crippen molar-refractivity contribution in [2.45, 2.75) is 11.8 Å². The second kappa shape index (κ2) is 3.50. The number of aromatic hydroxyl groups is 1. The summed E-state index contributed by atoms with van der Waals surface area (Å²) in [6.45, 7) is 1.39. The molecular weight excluding hydrogens is 227 g/mol. The molecule has 1 aromatic carbocycles. The van der Waals surface area contributed by atoms with Crippen LogP contribution in [0.15, 0.2) is 17.0 Å². The van der Waals surface area contributed by atoms with Gasteiger partial charge in [0.2, 0.25) is 0 Å². The minimum atomic E-state index is -5.13. The highest BCUT2D eigenvalue weighted by Crippen LogP contribution is 2.29. The first-order valence-corrected chi connectivity index (χ1v) is 5.13. The first-order chi connectivity index (χ1) is 6.73. The van der Waals surface area contributed by atoms with Crippen LogP contribution in [-0.2, 0) is 10.2 Å². The lowest BCUT2D eigenvalue weighted by Crippen LogP contribution is -2.02. The zero-order valence-corrected chi connectivity index (χ0v) is 8.38. The molecule has 0 aliphatic carbocycles. The molecule has 0 spiro atoms. The number of halogens is 1. The molecule has 0 radical (unpaired) electrons. The number of benzene rings is 1. The Morgan fingerprint density at radius 2 is 1.93 bits per heavy atom. The smallest absolute Gasteiger partial charge is 0.339 e. The summed E-state index contributed by atoms with van der Waals surface area (Å²) in [7, 11) is -5.13. The number of aryl methyl sites for hydroxylation is 1. The van der Waals surface area contributed by atoms with Gasteiger partial charge in [-0.1, -0.05) is 0 Å². The maximum atomic E-state index is 12.6. The third-order valence-electron chi connectivity index (χ3n) is 1.71. The molecule has 0 saturated carbocycles. The lowest BCUT2D eigenvalue weighted by Gasteiger charge is -2.05. The Kier molecular flexibility index (Phi) is 2.67. The van der Waals surface area contributed by atoms with Crippen molar-refractivity contribution in [1.29, 1.82) is 0 Å². The van der Waals surface area contributed by atoms with Crippen LogP contribution in [0.3, 0.4) is 0 Å². The highest BCUT2D eigenvalue weighted by atomic mass is 32.3. The molecule has 1 aromatic rings. The number of hydrogen-bond acceptors (Lipinski definition) is 4. The van der Waals surface area contributed by atoms with Gasteiger partial charge in [0.15, 0.2) is 5.75 Å². The highest BCUT2D eigenvalue weighted by molar-refractivity contribution is 7.86. The van der Waals surface area contributed by atoms with Crippen LogP contribution in [0.4, 0.5) is 3.89 Å². The lowest BCUT2D eigenvalue weighted by atomic mass is 10.1. The molecule has 0 aromatic heterocycles. The second-order valence-corrected chi connectivity index (χ2v) is 4.22. The molecule has 0 fully saturated rings. The quantitative estimate of drug-likeness (QED) is 0.746. The van der Waals surface area contributed by atoms with Gasteiger partial charge in [0.05, 0.1) is 0 Å². The maximum Gasteiger partial charge on any atom is 0.339 e. The van der Waals surface area contributed by atoms with E-state index >= 15 is 0 Å². The molecule has 0 amide bonds. The number of carboxylic acid groups (broad SMARTS) is 1. The predicted molar refractivity (Wildman–Crippen MR) is 48.1 cm³/mol. The summed E-state index contributed by atoms with van der Waals surface area (Å²) in [5, 5.41) is 17.8. The summed E-state index contributed by atoms with van der Waals surface area (Å²) in [4.78, 5) is 9.55. The molecule has 2 N–H and O–H groups in total. The zero-order chi connectivity index (χ0) is 11.8. The van der Waals surface area contributed by atoms with Gasteiger partial charge in [-0.2, -0.15) is 8.42 Å². The van der Waals surface area contributed by atoms with Crippen molar-refractivity contribution in [2.75, 3.05) is 0 Å². The lowest BCUT2D eigenvalue weighted by molar-refractivity contribution is 0.0693. The van der Waals surface area contributed by atoms with Crippen molar-refractivity contribution in [3.05, 3.63) is 23.3 Å². The Morgan fingerprint density at radius 3 is 2.33 bits per heavy atom. The fourth-order valence-electron chi connectivity index (χ4n) is 1.09. The molecule has 0 saturated heterocycles. The van der Waals surface area contributed by atoms with E-state index in [1.807, 2.05) is 0 Å². The number of phenols is 1. The fourth-order valence-corrected chi connectivity index (χ4v) is 1.76. The molecule has 0 heterocycles. The Bertz CT molecular complexity index is 520. The van der Waals surface area contributed by atoms with Gasteiger partial charge in [-0.25, -0.2) is 4.79 Å². The highest BCUT2D eigenvalue weighted by Gasteiger charge is 2.23. The molecule has 0 aliphatic rings. The van der Waals surface area contributed by atoms with Crippen LogP contribution in [0.5, 0.6) is 5.75 Å². The van der Waals surface area contributed by atoms with Crippen LogP contribution in [0.2, 0.25) is 0 Å². The van der Waals surface area contributed by atoms with Gasteiger partial charge in [0.25, 0.3) is 0 Å². The monoisotopic (exact) mass is 234 g/mol. The van der Waals surface area contributed by atoms with Crippen LogP contribution in [0.1, 0.15) is 15.9 Å². The SMILES string of the molecule is Cc1cc(C(=O)O)c(O)c(S(=O)(=O)F)c1. The van der Waals surface area contributed by atoms with Gasteiger partial charge in [-0.3, -0.25) is 0 Å². The molecule has 0 aliphatic heterocycles. The van der Waals surface area contributed by atoms with Crippen LogP contribution < -0.4 is 0 Å². The van der Waals surface area contributed by atoms with Crippen LogP contribution >= 0.6 is 0 Å². The molecule has 82 valence electrons. The first kappa shape index (κ1) is 11.4. The summed E-state index contributed by atoms with van der Waals surface area (Å²) in [5.41, 5.74) is -0.423. The van der Waals surface area contributed by atoms with Crippen molar-refractivity contribution >= 4 is 16.2 Å². The molecule has 0 atom stereocenters. The van der Waals surface area contributed by atoms with E-state index in [0.717, 1.165) is 12.1 Å². The molecule has 7 heteroatoms. The molecule has 0 unspecified atom stereocenters. The molecule has 5 nitrogen and oxygen atoms in total. The third kappa shape index (κ3) is 2.24. The van der Waals surface area contributed by atoms with Gasteiger partial charge >= 0.3 is 16.2 Å². The molecule has 1 rings (SSSR count). The van der Waals surface area contributed by atoms with E-state index in [1.54, 1.807) is 0 Å². The minimum Gasteiger partial charge on any atom is -0.506 e. The summed E-state index contributed by atoms with van der Waals surface area (Å²) in [6.07, 6.45) is 0. The number of hydrogen-bond donors (Lipinski definition) is 2.